The summed E-state index contributed by atoms with van der Waals surface area (Å²) in [6.45, 7) is 6.61. The standard InChI is InChI=1S/C16H23N3/c1-15(2,3)14-18-12-9-11(10-16(17)7-8-16)5-6-13(12)19(14)4/h5-6,9H,7-8,10,17H2,1-4H3. The molecule has 102 valence electrons. The van der Waals surface area contributed by atoms with E-state index < -0.39 is 0 Å². The first kappa shape index (κ1) is 12.7. The van der Waals surface area contributed by atoms with Crippen molar-refractivity contribution in [3.8, 4) is 0 Å². The highest BCUT2D eigenvalue weighted by Gasteiger charge is 2.38. The molecule has 0 atom stereocenters. The molecule has 3 heteroatoms. The smallest absolute Gasteiger partial charge is 0.115 e. The lowest BCUT2D eigenvalue weighted by Crippen LogP contribution is -2.24. The molecule has 0 unspecified atom stereocenters. The summed E-state index contributed by atoms with van der Waals surface area (Å²) in [4.78, 5) is 4.82. The minimum atomic E-state index is 0.0648. The van der Waals surface area contributed by atoms with Crippen LogP contribution in [0.4, 0.5) is 0 Å². The summed E-state index contributed by atoms with van der Waals surface area (Å²) >= 11 is 0. The quantitative estimate of drug-likeness (QED) is 0.899. The first-order valence-electron chi connectivity index (χ1n) is 7.03. The molecular formula is C16H23N3. The molecule has 0 amide bonds. The van der Waals surface area contributed by atoms with Gasteiger partial charge in [0.05, 0.1) is 11.0 Å². The molecule has 1 heterocycles. The van der Waals surface area contributed by atoms with Crippen LogP contribution in [0, 0.1) is 0 Å². The minimum absolute atomic E-state index is 0.0648. The van der Waals surface area contributed by atoms with Crippen LogP contribution in [0.5, 0.6) is 0 Å². The van der Waals surface area contributed by atoms with Gasteiger partial charge >= 0.3 is 0 Å². The van der Waals surface area contributed by atoms with Gasteiger partial charge < -0.3 is 10.3 Å². The number of aryl methyl sites for hydroxylation is 1. The van der Waals surface area contributed by atoms with Gasteiger partial charge in [-0.25, -0.2) is 4.98 Å². The molecule has 0 spiro atoms. The Labute approximate surface area is 114 Å². The molecule has 1 aliphatic rings. The fourth-order valence-corrected chi connectivity index (χ4v) is 2.77. The van der Waals surface area contributed by atoms with Crippen molar-refractivity contribution < 1.29 is 0 Å². The second-order valence-electron chi connectivity index (χ2n) is 7.11. The maximum absolute atomic E-state index is 6.20. The van der Waals surface area contributed by atoms with Crippen molar-refractivity contribution in [3.05, 3.63) is 29.6 Å². The summed E-state index contributed by atoms with van der Waals surface area (Å²) in [6.07, 6.45) is 3.28. The van der Waals surface area contributed by atoms with E-state index in [0.717, 1.165) is 30.6 Å². The number of nitrogens with two attached hydrogens (primary N) is 1. The van der Waals surface area contributed by atoms with Crippen LogP contribution in [0.2, 0.25) is 0 Å². The molecule has 3 rings (SSSR count). The number of hydrogen-bond donors (Lipinski definition) is 1. The van der Waals surface area contributed by atoms with Crippen molar-refractivity contribution >= 4 is 11.0 Å². The molecule has 1 aliphatic carbocycles. The first-order chi connectivity index (χ1) is 8.78. The average molecular weight is 257 g/mol. The molecule has 1 aromatic heterocycles. The number of fused-ring (bicyclic) bond motifs is 1. The Balaban J connectivity index is 2.04. The van der Waals surface area contributed by atoms with Crippen molar-refractivity contribution in [2.75, 3.05) is 0 Å². The van der Waals surface area contributed by atoms with Gasteiger partial charge in [-0.15, -0.1) is 0 Å². The number of aromatic nitrogens is 2. The van der Waals surface area contributed by atoms with Gasteiger partial charge in [0.25, 0.3) is 0 Å². The van der Waals surface area contributed by atoms with Crippen molar-refractivity contribution in [2.24, 2.45) is 12.8 Å². The van der Waals surface area contributed by atoms with Crippen LogP contribution in [0.25, 0.3) is 11.0 Å². The van der Waals surface area contributed by atoms with E-state index in [2.05, 4.69) is 50.6 Å². The summed E-state index contributed by atoms with van der Waals surface area (Å²) < 4.78 is 2.20. The van der Waals surface area contributed by atoms with E-state index in [9.17, 15) is 0 Å². The Bertz CT molecular complexity index is 627. The van der Waals surface area contributed by atoms with Gasteiger partial charge in [0.2, 0.25) is 0 Å². The van der Waals surface area contributed by atoms with Crippen LogP contribution in [0.1, 0.15) is 45.0 Å². The highest BCUT2D eigenvalue weighted by molar-refractivity contribution is 5.77. The molecule has 0 radical (unpaired) electrons. The molecule has 1 fully saturated rings. The summed E-state index contributed by atoms with van der Waals surface area (Å²) in [7, 11) is 2.10. The molecule has 19 heavy (non-hydrogen) atoms. The zero-order valence-electron chi connectivity index (χ0n) is 12.3. The van der Waals surface area contributed by atoms with Gasteiger partial charge in [-0.2, -0.15) is 0 Å². The lowest BCUT2D eigenvalue weighted by atomic mass is 9.96. The molecule has 0 aliphatic heterocycles. The molecule has 1 aromatic carbocycles. The summed E-state index contributed by atoms with van der Waals surface area (Å²) in [5.41, 5.74) is 9.94. The second kappa shape index (κ2) is 3.83. The zero-order valence-corrected chi connectivity index (χ0v) is 12.3. The summed E-state index contributed by atoms with van der Waals surface area (Å²) in [5.74, 6) is 1.13. The van der Waals surface area contributed by atoms with Gasteiger partial charge in [-0.05, 0) is 37.0 Å². The van der Waals surface area contributed by atoms with Crippen LogP contribution >= 0.6 is 0 Å². The Morgan fingerprint density at radius 3 is 2.58 bits per heavy atom. The third kappa shape index (κ3) is 2.27. The van der Waals surface area contributed by atoms with Gasteiger partial charge in [-0.3, -0.25) is 0 Å². The average Bonchev–Trinajstić information content (AvgIpc) is 2.91. The highest BCUT2D eigenvalue weighted by Crippen LogP contribution is 2.36. The van der Waals surface area contributed by atoms with E-state index in [1.807, 2.05) is 0 Å². The maximum atomic E-state index is 6.20. The molecule has 2 N–H and O–H groups in total. The number of rotatable bonds is 2. The van der Waals surface area contributed by atoms with E-state index >= 15 is 0 Å². The van der Waals surface area contributed by atoms with Crippen LogP contribution in [-0.4, -0.2) is 15.1 Å². The Morgan fingerprint density at radius 2 is 2.00 bits per heavy atom. The van der Waals surface area contributed by atoms with E-state index in [1.54, 1.807) is 0 Å². The van der Waals surface area contributed by atoms with Crippen molar-refractivity contribution in [1.82, 2.24) is 9.55 Å². The SMILES string of the molecule is Cn1c(C(C)(C)C)nc2cc(CC3(N)CC3)ccc21. The molecule has 0 saturated heterocycles. The Hall–Kier alpha value is -1.35. The Morgan fingerprint density at radius 1 is 1.32 bits per heavy atom. The van der Waals surface area contributed by atoms with E-state index in [0.29, 0.717) is 0 Å². The number of nitrogens with zero attached hydrogens (tertiary/aromatic N) is 2. The van der Waals surface area contributed by atoms with Gasteiger partial charge in [0.1, 0.15) is 5.82 Å². The van der Waals surface area contributed by atoms with Crippen molar-refractivity contribution in [1.29, 1.82) is 0 Å². The van der Waals surface area contributed by atoms with Gasteiger partial charge in [-0.1, -0.05) is 26.8 Å². The molecule has 3 nitrogen and oxygen atoms in total. The van der Waals surface area contributed by atoms with Crippen molar-refractivity contribution in [2.45, 2.75) is 51.0 Å². The fraction of sp³-hybridized carbons (Fsp3) is 0.562. The van der Waals surface area contributed by atoms with E-state index in [1.165, 1.54) is 11.1 Å². The Kier molecular flexibility index (Phi) is 2.55. The van der Waals surface area contributed by atoms with Crippen LogP contribution in [-0.2, 0) is 18.9 Å². The molecule has 1 saturated carbocycles. The predicted octanol–water partition coefficient (Wildman–Crippen LogP) is 2.90. The summed E-state index contributed by atoms with van der Waals surface area (Å²) in [6, 6.07) is 6.58. The first-order valence-corrected chi connectivity index (χ1v) is 7.03. The van der Waals surface area contributed by atoms with Crippen molar-refractivity contribution in [3.63, 3.8) is 0 Å². The van der Waals surface area contributed by atoms with Crippen LogP contribution in [0.15, 0.2) is 18.2 Å². The second-order valence-corrected chi connectivity index (χ2v) is 7.11. The number of benzene rings is 1. The van der Waals surface area contributed by atoms with Crippen LogP contribution < -0.4 is 5.73 Å². The summed E-state index contributed by atoms with van der Waals surface area (Å²) in [5, 5.41) is 0. The van der Waals surface area contributed by atoms with Crippen LogP contribution in [0.3, 0.4) is 0 Å². The van der Waals surface area contributed by atoms with Gasteiger partial charge in [0.15, 0.2) is 0 Å². The largest absolute Gasteiger partial charge is 0.331 e. The molecule has 2 aromatic rings. The maximum Gasteiger partial charge on any atom is 0.115 e. The minimum Gasteiger partial charge on any atom is -0.331 e. The fourth-order valence-electron chi connectivity index (χ4n) is 2.77. The third-order valence-corrected chi connectivity index (χ3v) is 4.06. The molecular weight excluding hydrogens is 234 g/mol. The highest BCUT2D eigenvalue weighted by atomic mass is 15.1. The monoisotopic (exact) mass is 257 g/mol. The predicted molar refractivity (Wildman–Crippen MR) is 79.3 cm³/mol. The van der Waals surface area contributed by atoms with E-state index in [4.69, 9.17) is 10.7 Å². The normalized spacial score (nSPS) is 17.9. The lowest BCUT2D eigenvalue weighted by molar-refractivity contribution is 0.526. The number of imidazole rings is 1. The number of hydrogen-bond acceptors (Lipinski definition) is 2. The third-order valence-electron chi connectivity index (χ3n) is 4.06. The lowest BCUT2D eigenvalue weighted by Gasteiger charge is -2.17. The molecule has 0 bridgehead atoms. The topological polar surface area (TPSA) is 43.8 Å². The van der Waals surface area contributed by atoms with E-state index in [-0.39, 0.29) is 11.0 Å². The van der Waals surface area contributed by atoms with Gasteiger partial charge in [0, 0.05) is 18.0 Å². The zero-order chi connectivity index (χ0) is 13.8.